The molecule has 1 aromatic heterocycles. The second-order valence-corrected chi connectivity index (χ2v) is 8.47. The van der Waals surface area contributed by atoms with Crippen molar-refractivity contribution in [1.82, 2.24) is 10.3 Å². The summed E-state index contributed by atoms with van der Waals surface area (Å²) in [5, 5.41) is 3.16. The third kappa shape index (κ3) is 5.76. The van der Waals surface area contributed by atoms with Gasteiger partial charge < -0.3 is 15.1 Å². The summed E-state index contributed by atoms with van der Waals surface area (Å²) < 4.78 is 13.6. The maximum atomic E-state index is 13.6. The van der Waals surface area contributed by atoms with Crippen LogP contribution in [0.5, 0.6) is 0 Å². The number of carbonyl (C=O) groups is 1. The van der Waals surface area contributed by atoms with E-state index in [0.29, 0.717) is 24.7 Å². The number of aromatic nitrogens is 1. The Bertz CT molecular complexity index is 1040. The number of nitrogens with zero attached hydrogens (tertiary/aromatic N) is 3. The van der Waals surface area contributed by atoms with Crippen molar-refractivity contribution in [2.45, 2.75) is 44.8 Å². The van der Waals surface area contributed by atoms with Gasteiger partial charge in [0.15, 0.2) is 0 Å². The molecule has 5 nitrogen and oxygen atoms in total. The molecular weight excluding hydrogens is 415 g/mol. The van der Waals surface area contributed by atoms with E-state index in [-0.39, 0.29) is 11.7 Å². The van der Waals surface area contributed by atoms with Crippen molar-refractivity contribution in [3.8, 4) is 0 Å². The van der Waals surface area contributed by atoms with Gasteiger partial charge in [-0.3, -0.25) is 4.79 Å². The molecule has 1 fully saturated rings. The molecule has 0 bridgehead atoms. The van der Waals surface area contributed by atoms with Crippen LogP contribution in [0.2, 0.25) is 0 Å². The molecule has 1 aliphatic rings. The van der Waals surface area contributed by atoms with Gasteiger partial charge in [0.05, 0.1) is 12.6 Å². The molecule has 0 saturated heterocycles. The monoisotopic (exact) mass is 446 g/mol. The van der Waals surface area contributed by atoms with Crippen LogP contribution in [-0.4, -0.2) is 36.6 Å². The summed E-state index contributed by atoms with van der Waals surface area (Å²) in [6, 6.07) is 20.3. The summed E-state index contributed by atoms with van der Waals surface area (Å²) in [5.41, 5.74) is 2.67. The molecule has 1 saturated carbocycles. The molecule has 1 amide bonds. The number of hydrogen-bond acceptors (Lipinski definition) is 4. The zero-order valence-corrected chi connectivity index (χ0v) is 19.2. The fraction of sp³-hybridized carbons (Fsp3) is 0.333. The zero-order chi connectivity index (χ0) is 23.2. The van der Waals surface area contributed by atoms with Crippen molar-refractivity contribution in [2.75, 3.05) is 23.4 Å². The van der Waals surface area contributed by atoms with Gasteiger partial charge in [-0.1, -0.05) is 36.4 Å². The Morgan fingerprint density at radius 3 is 2.36 bits per heavy atom. The Morgan fingerprint density at radius 2 is 1.79 bits per heavy atom. The van der Waals surface area contributed by atoms with E-state index >= 15 is 0 Å². The van der Waals surface area contributed by atoms with Gasteiger partial charge in [-0.2, -0.15) is 0 Å². The lowest BCUT2D eigenvalue weighted by molar-refractivity contribution is -0.120. The van der Waals surface area contributed by atoms with E-state index < -0.39 is 6.04 Å². The standard InChI is InChI=1S/C27H31FN4O/c1-3-31(23-14-15-23)26-16-9-21(18-30-26)19-32(24-12-10-22(28)11-13-24)27(33)25(29-2)17-20-7-5-4-6-8-20/h4-13,16,18,23,25,29H,3,14-15,17,19H2,1-2H3. The Morgan fingerprint density at radius 1 is 1.06 bits per heavy atom. The Balaban J connectivity index is 1.56. The van der Waals surface area contributed by atoms with Gasteiger partial charge in [0.25, 0.3) is 0 Å². The molecule has 0 spiro atoms. The van der Waals surface area contributed by atoms with Gasteiger partial charge in [-0.05, 0) is 74.7 Å². The zero-order valence-electron chi connectivity index (χ0n) is 19.2. The van der Waals surface area contributed by atoms with Gasteiger partial charge in [0.1, 0.15) is 11.6 Å². The highest BCUT2D eigenvalue weighted by Gasteiger charge is 2.29. The number of halogens is 1. The largest absolute Gasteiger partial charge is 0.354 e. The summed E-state index contributed by atoms with van der Waals surface area (Å²) in [6.45, 7) is 3.44. The first-order valence-corrected chi connectivity index (χ1v) is 11.6. The SMILES string of the molecule is CCN(c1ccc(CN(C(=O)C(Cc2ccccc2)NC)c2ccc(F)cc2)cn1)C1CC1. The first-order valence-electron chi connectivity index (χ1n) is 11.6. The number of pyridine rings is 1. The van der Waals surface area contributed by atoms with Gasteiger partial charge in [0.2, 0.25) is 5.91 Å². The number of amides is 1. The number of anilines is 2. The number of hydrogen-bond donors (Lipinski definition) is 1. The first kappa shape index (κ1) is 22.9. The summed E-state index contributed by atoms with van der Waals surface area (Å²) in [5.74, 6) is 0.581. The average Bonchev–Trinajstić information content (AvgIpc) is 3.69. The fourth-order valence-electron chi connectivity index (χ4n) is 4.12. The van der Waals surface area contributed by atoms with Crippen molar-refractivity contribution in [3.05, 3.63) is 89.9 Å². The van der Waals surface area contributed by atoms with Crippen molar-refractivity contribution in [3.63, 3.8) is 0 Å². The van der Waals surface area contributed by atoms with Gasteiger partial charge in [0, 0.05) is 24.5 Å². The smallest absolute Gasteiger partial charge is 0.244 e. The quantitative estimate of drug-likeness (QED) is 0.496. The van der Waals surface area contributed by atoms with E-state index in [1.807, 2.05) is 48.7 Å². The molecule has 1 unspecified atom stereocenters. The highest BCUT2D eigenvalue weighted by molar-refractivity contribution is 5.97. The van der Waals surface area contributed by atoms with Crippen LogP contribution < -0.4 is 15.1 Å². The van der Waals surface area contributed by atoms with Crippen LogP contribution in [0.25, 0.3) is 0 Å². The fourth-order valence-corrected chi connectivity index (χ4v) is 4.12. The van der Waals surface area contributed by atoms with E-state index in [2.05, 4.69) is 22.1 Å². The highest BCUT2D eigenvalue weighted by Crippen LogP contribution is 2.30. The number of rotatable bonds is 10. The van der Waals surface area contributed by atoms with Crippen LogP contribution in [0, 0.1) is 5.82 Å². The van der Waals surface area contributed by atoms with Crippen LogP contribution in [0.3, 0.4) is 0 Å². The molecule has 1 heterocycles. The Kier molecular flexibility index (Phi) is 7.35. The number of benzene rings is 2. The van der Waals surface area contributed by atoms with Gasteiger partial charge in [-0.25, -0.2) is 9.37 Å². The number of nitrogens with one attached hydrogen (secondary N) is 1. The molecule has 33 heavy (non-hydrogen) atoms. The van der Waals surface area contributed by atoms with Crippen molar-refractivity contribution in [2.24, 2.45) is 0 Å². The van der Waals surface area contributed by atoms with E-state index in [1.165, 1.54) is 25.0 Å². The lowest BCUT2D eigenvalue weighted by atomic mass is 10.0. The molecule has 4 rings (SSSR count). The Hall–Kier alpha value is -3.25. The molecule has 0 radical (unpaired) electrons. The summed E-state index contributed by atoms with van der Waals surface area (Å²) in [6.07, 6.45) is 4.85. The molecular formula is C27H31FN4O. The summed E-state index contributed by atoms with van der Waals surface area (Å²) in [4.78, 5) is 22.3. The molecule has 1 N–H and O–H groups in total. The predicted octanol–water partition coefficient (Wildman–Crippen LogP) is 4.57. The summed E-state index contributed by atoms with van der Waals surface area (Å²) in [7, 11) is 1.79. The number of likely N-dealkylation sites (N-methyl/N-ethyl adjacent to an activating group) is 1. The van der Waals surface area contributed by atoms with Crippen molar-refractivity contribution < 1.29 is 9.18 Å². The third-order valence-electron chi connectivity index (χ3n) is 6.11. The summed E-state index contributed by atoms with van der Waals surface area (Å²) >= 11 is 0. The predicted molar refractivity (Wildman–Crippen MR) is 131 cm³/mol. The molecule has 2 aromatic carbocycles. The van der Waals surface area contributed by atoms with Crippen LogP contribution in [-0.2, 0) is 17.8 Å². The molecule has 6 heteroatoms. The van der Waals surface area contributed by atoms with Gasteiger partial charge >= 0.3 is 0 Å². The normalized spacial score (nSPS) is 14.0. The molecule has 1 aliphatic carbocycles. The molecule has 172 valence electrons. The van der Waals surface area contributed by atoms with Crippen LogP contribution in [0.4, 0.5) is 15.9 Å². The maximum Gasteiger partial charge on any atom is 0.244 e. The van der Waals surface area contributed by atoms with Crippen LogP contribution in [0.1, 0.15) is 30.9 Å². The highest BCUT2D eigenvalue weighted by atomic mass is 19.1. The minimum absolute atomic E-state index is 0.0646. The number of carbonyl (C=O) groups excluding carboxylic acids is 1. The lowest BCUT2D eigenvalue weighted by Crippen LogP contribution is -2.46. The Labute approximate surface area is 195 Å². The van der Waals surface area contributed by atoms with E-state index in [9.17, 15) is 9.18 Å². The molecule has 3 aromatic rings. The average molecular weight is 447 g/mol. The topological polar surface area (TPSA) is 48.5 Å². The maximum absolute atomic E-state index is 13.6. The lowest BCUT2D eigenvalue weighted by Gasteiger charge is -2.28. The third-order valence-corrected chi connectivity index (χ3v) is 6.11. The van der Waals surface area contributed by atoms with E-state index in [0.717, 1.165) is 23.5 Å². The first-order chi connectivity index (χ1) is 16.1. The van der Waals surface area contributed by atoms with E-state index in [1.54, 1.807) is 24.1 Å². The van der Waals surface area contributed by atoms with Crippen molar-refractivity contribution >= 4 is 17.4 Å². The minimum Gasteiger partial charge on any atom is -0.354 e. The second kappa shape index (κ2) is 10.6. The minimum atomic E-state index is -0.407. The van der Waals surface area contributed by atoms with Gasteiger partial charge in [-0.15, -0.1) is 0 Å². The second-order valence-electron chi connectivity index (χ2n) is 8.47. The van der Waals surface area contributed by atoms with Crippen molar-refractivity contribution in [1.29, 1.82) is 0 Å². The van der Waals surface area contributed by atoms with E-state index in [4.69, 9.17) is 0 Å². The van der Waals surface area contributed by atoms with Crippen LogP contribution in [0.15, 0.2) is 72.9 Å². The van der Waals surface area contributed by atoms with Crippen LogP contribution >= 0.6 is 0 Å². The molecule has 0 aliphatic heterocycles. The molecule has 1 atom stereocenters.